The molecule has 1 unspecified atom stereocenters. The van der Waals surface area contributed by atoms with Crippen molar-refractivity contribution in [3.05, 3.63) is 0 Å². The Morgan fingerprint density at radius 2 is 1.55 bits per heavy atom. The van der Waals surface area contributed by atoms with Crippen molar-refractivity contribution in [1.29, 1.82) is 0 Å². The van der Waals surface area contributed by atoms with Gasteiger partial charge in [0, 0.05) is 0 Å². The van der Waals surface area contributed by atoms with Crippen LogP contribution in [0.4, 0.5) is 0 Å². The van der Waals surface area contributed by atoms with Gasteiger partial charge in [0.1, 0.15) is 0 Å². The molecule has 0 aromatic heterocycles. The molecule has 0 aromatic carbocycles. The maximum Gasteiger partial charge on any atom is 0.394 e. The van der Waals surface area contributed by atoms with Gasteiger partial charge < -0.3 is 14.7 Å². The second-order valence-electron chi connectivity index (χ2n) is 1.91. The lowest BCUT2D eigenvalue weighted by molar-refractivity contribution is 0.396. The van der Waals surface area contributed by atoms with Gasteiger partial charge in [0.15, 0.2) is 0 Å². The molecule has 68 valence electrons. The topological polar surface area (TPSA) is 98.1 Å². The molecule has 0 fully saturated rings. The van der Waals surface area contributed by atoms with Crippen molar-refractivity contribution >= 4 is 24.5 Å². The van der Waals surface area contributed by atoms with E-state index in [9.17, 15) is 9.13 Å². The molecule has 9 heteroatoms. The standard InChI is InChI=1S/C2H9NO5P2S/c1-3(2)9(4,5)11-10(6,7)8/h1-2H3,(H,4,5)(H2,6,7,8). The molecule has 0 bridgehead atoms. The monoisotopic (exact) mass is 221 g/mol. The van der Waals surface area contributed by atoms with Crippen molar-refractivity contribution in [1.82, 2.24) is 4.67 Å². The number of rotatable bonds is 3. The largest absolute Gasteiger partial charge is 0.394 e. The van der Waals surface area contributed by atoms with Gasteiger partial charge in [0.2, 0.25) is 0 Å². The molecule has 0 heterocycles. The summed E-state index contributed by atoms with van der Waals surface area (Å²) in [7, 11) is 2.53. The predicted molar refractivity (Wildman–Crippen MR) is 43.1 cm³/mol. The van der Waals surface area contributed by atoms with E-state index in [2.05, 4.69) is 0 Å². The molecule has 0 saturated carbocycles. The van der Waals surface area contributed by atoms with Crippen molar-refractivity contribution in [2.45, 2.75) is 0 Å². The highest BCUT2D eigenvalue weighted by Gasteiger charge is 2.32. The first-order chi connectivity index (χ1) is 4.65. The molecule has 11 heavy (non-hydrogen) atoms. The smallest absolute Gasteiger partial charge is 0.325 e. The fourth-order valence-corrected chi connectivity index (χ4v) is 5.71. The molecule has 0 rings (SSSR count). The molecule has 0 radical (unpaired) electrons. The Bertz CT molecular complexity index is 223. The van der Waals surface area contributed by atoms with E-state index in [-0.39, 0.29) is 11.0 Å². The van der Waals surface area contributed by atoms with E-state index >= 15 is 0 Å². The molecule has 3 N–H and O–H groups in total. The minimum Gasteiger partial charge on any atom is -0.325 e. The van der Waals surface area contributed by atoms with Gasteiger partial charge in [-0.2, -0.15) is 0 Å². The second kappa shape index (κ2) is 3.58. The Balaban J connectivity index is 4.39. The van der Waals surface area contributed by atoms with Crippen LogP contribution in [0.5, 0.6) is 0 Å². The molecule has 0 saturated heterocycles. The summed E-state index contributed by atoms with van der Waals surface area (Å²) in [6.07, 6.45) is 0. The SMILES string of the molecule is CN(C)P(=O)(O)SP(=O)(O)O. The van der Waals surface area contributed by atoms with Crippen LogP contribution in [-0.2, 0) is 9.13 Å². The van der Waals surface area contributed by atoms with E-state index in [1.54, 1.807) is 0 Å². The maximum atomic E-state index is 10.9. The molecule has 6 nitrogen and oxygen atoms in total. The third-order valence-corrected chi connectivity index (χ3v) is 8.24. The number of nitrogens with zero attached hydrogens (tertiary/aromatic N) is 1. The lowest BCUT2D eigenvalue weighted by Gasteiger charge is -2.16. The Morgan fingerprint density at radius 1 is 1.18 bits per heavy atom. The molecule has 0 aliphatic heterocycles. The predicted octanol–water partition coefficient (Wildman–Crippen LogP) is 0.474. The van der Waals surface area contributed by atoms with Gasteiger partial charge in [0.25, 0.3) is 0 Å². The average Bonchev–Trinajstić information content (AvgIpc) is 1.56. The molecule has 0 aliphatic rings. The van der Waals surface area contributed by atoms with Crippen LogP contribution in [0, 0.1) is 0 Å². The van der Waals surface area contributed by atoms with Crippen LogP contribution in [-0.4, -0.2) is 33.4 Å². The first-order valence-corrected chi connectivity index (χ1v) is 7.68. The highest BCUT2D eigenvalue weighted by molar-refractivity contribution is 8.84. The maximum absolute atomic E-state index is 10.9. The third-order valence-electron chi connectivity index (χ3n) is 0.718. The third kappa shape index (κ3) is 4.98. The van der Waals surface area contributed by atoms with E-state index in [1.165, 1.54) is 14.1 Å². The van der Waals surface area contributed by atoms with Gasteiger partial charge >= 0.3 is 13.5 Å². The van der Waals surface area contributed by atoms with E-state index in [0.29, 0.717) is 0 Å². The number of hydrogen-bond acceptors (Lipinski definition) is 3. The molecule has 0 spiro atoms. The van der Waals surface area contributed by atoms with Gasteiger partial charge in [-0.05, 0) is 14.1 Å². The fraction of sp³-hybridized carbons (Fsp3) is 1.00. The van der Waals surface area contributed by atoms with Gasteiger partial charge in [-0.25, -0.2) is 9.24 Å². The Hall–Kier alpha value is 0.650. The Morgan fingerprint density at radius 3 is 1.64 bits per heavy atom. The highest BCUT2D eigenvalue weighted by Crippen LogP contribution is 2.72. The first kappa shape index (κ1) is 11.6. The molecular formula is C2H9NO5P2S. The van der Waals surface area contributed by atoms with Crippen LogP contribution in [0.25, 0.3) is 0 Å². The fourth-order valence-electron chi connectivity index (χ4n) is 0.212. The van der Waals surface area contributed by atoms with Crippen LogP contribution in [0.2, 0.25) is 0 Å². The summed E-state index contributed by atoms with van der Waals surface area (Å²) < 4.78 is 22.0. The van der Waals surface area contributed by atoms with Crippen LogP contribution in [0.1, 0.15) is 0 Å². The van der Waals surface area contributed by atoms with Crippen molar-refractivity contribution in [3.8, 4) is 0 Å². The van der Waals surface area contributed by atoms with Crippen molar-refractivity contribution < 1.29 is 23.8 Å². The van der Waals surface area contributed by atoms with E-state index in [0.717, 1.165) is 4.67 Å². The zero-order valence-electron chi connectivity index (χ0n) is 5.91. The van der Waals surface area contributed by atoms with Crippen LogP contribution >= 0.6 is 24.5 Å². The first-order valence-electron chi connectivity index (χ1n) is 2.42. The van der Waals surface area contributed by atoms with Gasteiger partial charge in [-0.1, -0.05) is 0 Å². The average molecular weight is 221 g/mol. The Labute approximate surface area is 67.8 Å². The quantitative estimate of drug-likeness (QED) is 0.596. The normalized spacial score (nSPS) is 18.4. The Kier molecular flexibility index (Phi) is 3.79. The molecule has 0 amide bonds. The summed E-state index contributed by atoms with van der Waals surface area (Å²) >= 11 is -0.229. The van der Waals surface area contributed by atoms with Crippen molar-refractivity contribution in [2.75, 3.05) is 14.1 Å². The second-order valence-corrected chi connectivity index (χ2v) is 9.65. The van der Waals surface area contributed by atoms with Crippen molar-refractivity contribution in [3.63, 3.8) is 0 Å². The highest BCUT2D eigenvalue weighted by atomic mass is 33.1. The molecule has 0 aliphatic carbocycles. The summed E-state index contributed by atoms with van der Waals surface area (Å²) in [6, 6.07) is 0. The molecule has 0 aromatic rings. The lowest BCUT2D eigenvalue weighted by Crippen LogP contribution is -2.04. The van der Waals surface area contributed by atoms with Crippen molar-refractivity contribution in [2.24, 2.45) is 0 Å². The summed E-state index contributed by atoms with van der Waals surface area (Å²) in [5, 5.41) is 0. The minimum atomic E-state index is -4.48. The summed E-state index contributed by atoms with van der Waals surface area (Å²) in [4.78, 5) is 25.5. The molecule has 1 atom stereocenters. The zero-order chi connectivity index (χ0) is 9.28. The van der Waals surface area contributed by atoms with Gasteiger partial charge in [-0.3, -0.25) is 4.57 Å². The summed E-state index contributed by atoms with van der Waals surface area (Å²) in [5.41, 5.74) is 0. The minimum absolute atomic E-state index is 0.229. The van der Waals surface area contributed by atoms with Crippen LogP contribution < -0.4 is 0 Å². The van der Waals surface area contributed by atoms with Crippen LogP contribution in [0.15, 0.2) is 0 Å². The van der Waals surface area contributed by atoms with Gasteiger partial charge in [-0.15, -0.1) is 0 Å². The summed E-state index contributed by atoms with van der Waals surface area (Å²) in [5.74, 6) is 0. The zero-order valence-corrected chi connectivity index (χ0v) is 8.51. The van der Waals surface area contributed by atoms with Crippen LogP contribution in [0.3, 0.4) is 0 Å². The summed E-state index contributed by atoms with van der Waals surface area (Å²) in [6.45, 7) is -8.38. The lowest BCUT2D eigenvalue weighted by atomic mass is 11.3. The van der Waals surface area contributed by atoms with E-state index in [4.69, 9.17) is 14.7 Å². The number of hydrogen-bond donors (Lipinski definition) is 3. The van der Waals surface area contributed by atoms with Gasteiger partial charge in [0.05, 0.1) is 11.0 Å². The van der Waals surface area contributed by atoms with E-state index < -0.39 is 13.5 Å². The van der Waals surface area contributed by atoms with E-state index in [1.807, 2.05) is 0 Å². The molecular weight excluding hydrogens is 212 g/mol.